The Balaban J connectivity index is 2.16. The molecule has 16 heavy (non-hydrogen) atoms. The van der Waals surface area contributed by atoms with Crippen molar-refractivity contribution in [3.8, 4) is 0 Å². The van der Waals surface area contributed by atoms with E-state index < -0.39 is 10.0 Å². The first-order valence-corrected chi connectivity index (χ1v) is 7.13. The van der Waals surface area contributed by atoms with Gasteiger partial charge >= 0.3 is 0 Å². The SMILES string of the molecule is Cc1ccccc1S(=O)(=O)NC1CC(Cl)C1. The van der Waals surface area contributed by atoms with E-state index in [-0.39, 0.29) is 11.4 Å². The van der Waals surface area contributed by atoms with Gasteiger partial charge in [0.25, 0.3) is 0 Å². The Kier molecular flexibility index (Phi) is 3.24. The zero-order chi connectivity index (χ0) is 11.8. The van der Waals surface area contributed by atoms with E-state index in [9.17, 15) is 8.42 Å². The van der Waals surface area contributed by atoms with Gasteiger partial charge in [-0.05, 0) is 31.4 Å². The second kappa shape index (κ2) is 4.35. The maximum Gasteiger partial charge on any atom is 0.241 e. The van der Waals surface area contributed by atoms with Crippen LogP contribution in [0.5, 0.6) is 0 Å². The maximum absolute atomic E-state index is 12.0. The molecule has 1 fully saturated rings. The van der Waals surface area contributed by atoms with E-state index >= 15 is 0 Å². The molecule has 0 aliphatic heterocycles. The summed E-state index contributed by atoms with van der Waals surface area (Å²) in [4.78, 5) is 0.355. The molecular weight excluding hydrogens is 246 g/mol. The Bertz CT molecular complexity index is 481. The second-order valence-electron chi connectivity index (χ2n) is 4.15. The van der Waals surface area contributed by atoms with E-state index in [0.29, 0.717) is 17.7 Å². The van der Waals surface area contributed by atoms with Crippen molar-refractivity contribution in [2.75, 3.05) is 0 Å². The zero-order valence-electron chi connectivity index (χ0n) is 8.98. The van der Waals surface area contributed by atoms with Gasteiger partial charge in [0.1, 0.15) is 0 Å². The third kappa shape index (κ3) is 2.39. The number of alkyl halides is 1. The molecule has 0 radical (unpaired) electrons. The van der Waals surface area contributed by atoms with E-state index in [1.165, 1.54) is 0 Å². The van der Waals surface area contributed by atoms with Crippen molar-refractivity contribution in [1.29, 1.82) is 0 Å². The minimum absolute atomic E-state index is 0.00731. The molecule has 0 bridgehead atoms. The summed E-state index contributed by atoms with van der Waals surface area (Å²) in [7, 11) is -3.38. The van der Waals surface area contributed by atoms with E-state index in [1.54, 1.807) is 25.1 Å². The highest BCUT2D eigenvalue weighted by Gasteiger charge is 2.31. The lowest BCUT2D eigenvalue weighted by molar-refractivity contribution is 0.391. The first kappa shape index (κ1) is 11.9. The van der Waals surface area contributed by atoms with Crippen molar-refractivity contribution in [2.45, 2.75) is 36.1 Å². The van der Waals surface area contributed by atoms with Gasteiger partial charge in [-0.3, -0.25) is 0 Å². The molecule has 5 heteroatoms. The molecule has 0 amide bonds. The van der Waals surface area contributed by atoms with Crippen LogP contribution in [0.4, 0.5) is 0 Å². The fourth-order valence-electron chi connectivity index (χ4n) is 1.79. The van der Waals surface area contributed by atoms with Crippen LogP contribution in [0.15, 0.2) is 29.2 Å². The van der Waals surface area contributed by atoms with E-state index in [4.69, 9.17) is 11.6 Å². The van der Waals surface area contributed by atoms with Crippen LogP contribution < -0.4 is 4.72 Å². The quantitative estimate of drug-likeness (QED) is 0.845. The largest absolute Gasteiger partial charge is 0.241 e. The van der Waals surface area contributed by atoms with Crippen molar-refractivity contribution in [2.24, 2.45) is 0 Å². The number of hydrogen-bond acceptors (Lipinski definition) is 2. The van der Waals surface area contributed by atoms with Gasteiger partial charge in [-0.1, -0.05) is 18.2 Å². The normalized spacial score (nSPS) is 25.1. The minimum atomic E-state index is -3.38. The molecule has 0 saturated heterocycles. The zero-order valence-corrected chi connectivity index (χ0v) is 10.6. The summed E-state index contributed by atoms with van der Waals surface area (Å²) in [5, 5.41) is 0.115. The summed E-state index contributed by atoms with van der Waals surface area (Å²) >= 11 is 5.82. The van der Waals surface area contributed by atoms with Crippen LogP contribution in [0.2, 0.25) is 0 Å². The average molecular weight is 260 g/mol. The van der Waals surface area contributed by atoms with Crippen LogP contribution in [0.25, 0.3) is 0 Å². The molecule has 3 nitrogen and oxygen atoms in total. The van der Waals surface area contributed by atoms with Gasteiger partial charge in [0.2, 0.25) is 10.0 Å². The number of nitrogens with one attached hydrogen (secondary N) is 1. The molecule has 0 unspecified atom stereocenters. The molecule has 1 aromatic rings. The topological polar surface area (TPSA) is 46.2 Å². The number of hydrogen-bond donors (Lipinski definition) is 1. The van der Waals surface area contributed by atoms with Crippen LogP contribution in [0.1, 0.15) is 18.4 Å². The molecule has 1 saturated carbocycles. The number of benzene rings is 1. The molecule has 0 heterocycles. The molecule has 0 atom stereocenters. The summed E-state index contributed by atoms with van der Waals surface area (Å²) in [5.74, 6) is 0. The summed E-state index contributed by atoms with van der Waals surface area (Å²) in [6.45, 7) is 1.79. The second-order valence-corrected chi connectivity index (χ2v) is 6.45. The summed E-state index contributed by atoms with van der Waals surface area (Å²) in [6.07, 6.45) is 1.43. The van der Waals surface area contributed by atoms with Crippen LogP contribution in [-0.4, -0.2) is 19.8 Å². The van der Waals surface area contributed by atoms with E-state index in [0.717, 1.165) is 5.56 Å². The van der Waals surface area contributed by atoms with Crippen molar-refractivity contribution in [1.82, 2.24) is 4.72 Å². The van der Waals surface area contributed by atoms with Crippen LogP contribution in [0, 0.1) is 6.92 Å². The molecule has 0 spiro atoms. The van der Waals surface area contributed by atoms with Crippen molar-refractivity contribution in [3.05, 3.63) is 29.8 Å². The fourth-order valence-corrected chi connectivity index (χ4v) is 3.72. The van der Waals surface area contributed by atoms with Gasteiger partial charge in [-0.15, -0.1) is 11.6 Å². The van der Waals surface area contributed by atoms with Gasteiger partial charge in [0.05, 0.1) is 4.90 Å². The van der Waals surface area contributed by atoms with Crippen LogP contribution in [0.3, 0.4) is 0 Å². The number of aryl methyl sites for hydroxylation is 1. The van der Waals surface area contributed by atoms with E-state index in [2.05, 4.69) is 4.72 Å². The Morgan fingerprint density at radius 1 is 1.31 bits per heavy atom. The molecule has 0 aromatic heterocycles. The first-order valence-electron chi connectivity index (χ1n) is 5.21. The Hall–Kier alpha value is -0.580. The van der Waals surface area contributed by atoms with Crippen molar-refractivity contribution < 1.29 is 8.42 Å². The Morgan fingerprint density at radius 2 is 1.94 bits per heavy atom. The molecule has 1 N–H and O–H groups in total. The smallest absolute Gasteiger partial charge is 0.208 e. The number of sulfonamides is 1. The van der Waals surface area contributed by atoms with Crippen molar-refractivity contribution in [3.63, 3.8) is 0 Å². The number of halogens is 1. The lowest BCUT2D eigenvalue weighted by Crippen LogP contribution is -2.44. The average Bonchev–Trinajstić information content (AvgIpc) is 2.15. The van der Waals surface area contributed by atoms with Crippen LogP contribution in [-0.2, 0) is 10.0 Å². The highest BCUT2D eigenvalue weighted by atomic mass is 35.5. The number of rotatable bonds is 3. The van der Waals surface area contributed by atoms with Gasteiger partial charge in [0.15, 0.2) is 0 Å². The predicted octanol–water partition coefficient (Wildman–Crippen LogP) is 2.04. The Morgan fingerprint density at radius 3 is 2.50 bits per heavy atom. The molecule has 1 aliphatic carbocycles. The van der Waals surface area contributed by atoms with Crippen molar-refractivity contribution >= 4 is 21.6 Å². The molecule has 88 valence electrons. The third-order valence-electron chi connectivity index (χ3n) is 2.79. The minimum Gasteiger partial charge on any atom is -0.208 e. The van der Waals surface area contributed by atoms with Gasteiger partial charge < -0.3 is 0 Å². The summed E-state index contributed by atoms with van der Waals surface area (Å²) in [6, 6.07) is 6.96. The predicted molar refractivity (Wildman–Crippen MR) is 64.2 cm³/mol. The highest BCUT2D eigenvalue weighted by Crippen LogP contribution is 2.27. The van der Waals surface area contributed by atoms with Crippen LogP contribution >= 0.6 is 11.6 Å². The molecule has 2 rings (SSSR count). The van der Waals surface area contributed by atoms with Gasteiger partial charge in [-0.25, -0.2) is 13.1 Å². The first-order chi connectivity index (χ1) is 7.49. The molecular formula is C11H14ClNO2S. The van der Waals surface area contributed by atoms with Gasteiger partial charge in [0, 0.05) is 11.4 Å². The lowest BCUT2D eigenvalue weighted by atomic mass is 9.94. The summed E-state index contributed by atoms with van der Waals surface area (Å²) < 4.78 is 26.7. The highest BCUT2D eigenvalue weighted by molar-refractivity contribution is 7.89. The molecule has 1 aromatic carbocycles. The summed E-state index contributed by atoms with van der Waals surface area (Å²) in [5.41, 5.74) is 0.761. The molecule has 1 aliphatic rings. The Labute approximate surface area is 101 Å². The standard InChI is InChI=1S/C11H14ClNO2S/c1-8-4-2-3-5-11(8)16(14,15)13-10-6-9(12)7-10/h2-5,9-10,13H,6-7H2,1H3. The third-order valence-corrected chi connectivity index (χ3v) is 4.82. The lowest BCUT2D eigenvalue weighted by Gasteiger charge is -2.31. The monoisotopic (exact) mass is 259 g/mol. The van der Waals surface area contributed by atoms with Gasteiger partial charge in [-0.2, -0.15) is 0 Å². The fraction of sp³-hybridized carbons (Fsp3) is 0.455. The van der Waals surface area contributed by atoms with E-state index in [1.807, 2.05) is 6.07 Å². The maximum atomic E-state index is 12.0.